The molecule has 2 nitrogen and oxygen atoms in total. The van der Waals surface area contributed by atoms with E-state index in [2.05, 4.69) is 0 Å². The Labute approximate surface area is 100 Å². The smallest absolute Gasteiger partial charge is 0.123 e. The number of benzene rings is 1. The molecular formula is C12H18FNOS. The summed E-state index contributed by atoms with van der Waals surface area (Å²) in [5.74, 6) is 0.656. The second-order valence-electron chi connectivity index (χ2n) is 3.66. The molecule has 16 heavy (non-hydrogen) atoms. The summed E-state index contributed by atoms with van der Waals surface area (Å²) >= 11 is 1.66. The molecule has 90 valence electrons. The lowest BCUT2D eigenvalue weighted by atomic mass is 10.2. The number of hydrogen-bond donors (Lipinski definition) is 1. The standard InChI is InChI=1S/C12H18FNOS/c1-15-8-2-3-11(14)9-16-12-6-4-10(13)5-7-12/h4-7,11H,2-3,8-9,14H2,1H3. The SMILES string of the molecule is COCCCC(N)CSc1ccc(F)cc1. The van der Waals surface area contributed by atoms with Crippen LogP contribution in [-0.2, 0) is 4.74 Å². The van der Waals surface area contributed by atoms with Gasteiger partial charge < -0.3 is 10.5 Å². The van der Waals surface area contributed by atoms with Crippen LogP contribution in [0.15, 0.2) is 29.2 Å². The Bertz CT molecular complexity index is 292. The molecule has 1 aromatic rings. The summed E-state index contributed by atoms with van der Waals surface area (Å²) in [5.41, 5.74) is 5.94. The van der Waals surface area contributed by atoms with E-state index < -0.39 is 0 Å². The van der Waals surface area contributed by atoms with Crippen molar-refractivity contribution in [2.24, 2.45) is 5.73 Å². The minimum absolute atomic E-state index is 0.171. The van der Waals surface area contributed by atoms with E-state index in [9.17, 15) is 4.39 Å². The molecule has 1 rings (SSSR count). The van der Waals surface area contributed by atoms with Crippen molar-refractivity contribution in [2.45, 2.75) is 23.8 Å². The molecule has 0 aliphatic heterocycles. The van der Waals surface area contributed by atoms with Gasteiger partial charge in [-0.15, -0.1) is 11.8 Å². The highest BCUT2D eigenvalue weighted by Gasteiger charge is 2.03. The summed E-state index contributed by atoms with van der Waals surface area (Å²) in [5, 5.41) is 0. The fourth-order valence-corrected chi connectivity index (χ4v) is 2.21. The second-order valence-corrected chi connectivity index (χ2v) is 4.75. The Kier molecular flexibility index (Phi) is 6.45. The molecule has 0 bridgehead atoms. The van der Waals surface area contributed by atoms with Gasteiger partial charge in [0.15, 0.2) is 0 Å². The Balaban J connectivity index is 2.20. The quantitative estimate of drug-likeness (QED) is 0.590. The molecule has 0 aromatic heterocycles. The van der Waals surface area contributed by atoms with E-state index in [-0.39, 0.29) is 11.9 Å². The summed E-state index contributed by atoms with van der Waals surface area (Å²) in [6, 6.07) is 6.67. The number of ether oxygens (including phenoxy) is 1. The van der Waals surface area contributed by atoms with E-state index in [1.165, 1.54) is 12.1 Å². The minimum Gasteiger partial charge on any atom is -0.385 e. The first-order valence-corrected chi connectivity index (χ1v) is 6.34. The summed E-state index contributed by atoms with van der Waals surface area (Å²) < 4.78 is 17.6. The topological polar surface area (TPSA) is 35.2 Å². The second kappa shape index (κ2) is 7.65. The molecule has 0 aliphatic rings. The average Bonchev–Trinajstić information content (AvgIpc) is 2.29. The van der Waals surface area contributed by atoms with Crippen LogP contribution in [0.2, 0.25) is 0 Å². The lowest BCUT2D eigenvalue weighted by Crippen LogP contribution is -2.23. The first kappa shape index (κ1) is 13.5. The Hall–Kier alpha value is -0.580. The van der Waals surface area contributed by atoms with E-state index in [1.807, 2.05) is 0 Å². The highest BCUT2D eigenvalue weighted by Crippen LogP contribution is 2.19. The van der Waals surface area contributed by atoms with Crippen molar-refractivity contribution < 1.29 is 9.13 Å². The third kappa shape index (κ3) is 5.49. The highest BCUT2D eigenvalue weighted by molar-refractivity contribution is 7.99. The number of halogens is 1. The summed E-state index contributed by atoms with van der Waals surface area (Å²) in [6.07, 6.45) is 1.95. The first-order chi connectivity index (χ1) is 7.72. The Morgan fingerprint density at radius 1 is 1.38 bits per heavy atom. The maximum absolute atomic E-state index is 12.6. The van der Waals surface area contributed by atoms with Crippen LogP contribution in [0.3, 0.4) is 0 Å². The molecule has 0 saturated carbocycles. The van der Waals surface area contributed by atoms with E-state index in [0.717, 1.165) is 30.1 Å². The maximum atomic E-state index is 12.6. The van der Waals surface area contributed by atoms with Crippen LogP contribution >= 0.6 is 11.8 Å². The van der Waals surface area contributed by atoms with Crippen molar-refractivity contribution in [3.63, 3.8) is 0 Å². The largest absolute Gasteiger partial charge is 0.385 e. The number of hydrogen-bond acceptors (Lipinski definition) is 3. The van der Waals surface area contributed by atoms with Gasteiger partial charge in [0, 0.05) is 30.4 Å². The molecular weight excluding hydrogens is 225 g/mol. The van der Waals surface area contributed by atoms with Crippen molar-refractivity contribution >= 4 is 11.8 Å². The van der Waals surface area contributed by atoms with Gasteiger partial charge >= 0.3 is 0 Å². The normalized spacial score (nSPS) is 12.7. The molecule has 1 unspecified atom stereocenters. The van der Waals surface area contributed by atoms with Crippen LogP contribution < -0.4 is 5.73 Å². The Morgan fingerprint density at radius 2 is 2.06 bits per heavy atom. The zero-order chi connectivity index (χ0) is 11.8. The van der Waals surface area contributed by atoms with Gasteiger partial charge in [-0.1, -0.05) is 0 Å². The van der Waals surface area contributed by atoms with Crippen molar-refractivity contribution in [1.29, 1.82) is 0 Å². The summed E-state index contributed by atoms with van der Waals surface area (Å²) in [6.45, 7) is 0.759. The molecule has 1 atom stereocenters. The van der Waals surface area contributed by atoms with E-state index in [0.29, 0.717) is 0 Å². The van der Waals surface area contributed by atoms with Gasteiger partial charge in [-0.2, -0.15) is 0 Å². The van der Waals surface area contributed by atoms with Crippen molar-refractivity contribution in [2.75, 3.05) is 19.5 Å². The first-order valence-electron chi connectivity index (χ1n) is 5.35. The predicted molar refractivity (Wildman–Crippen MR) is 66.2 cm³/mol. The van der Waals surface area contributed by atoms with E-state index in [1.54, 1.807) is 31.0 Å². The summed E-state index contributed by atoms with van der Waals surface area (Å²) in [4.78, 5) is 1.06. The van der Waals surface area contributed by atoms with Crippen molar-refractivity contribution in [3.05, 3.63) is 30.1 Å². The molecule has 0 amide bonds. The number of rotatable bonds is 7. The van der Waals surface area contributed by atoms with E-state index in [4.69, 9.17) is 10.5 Å². The molecule has 1 aromatic carbocycles. The zero-order valence-electron chi connectivity index (χ0n) is 9.49. The molecule has 2 N–H and O–H groups in total. The van der Waals surface area contributed by atoms with Crippen LogP contribution in [0, 0.1) is 5.82 Å². The van der Waals surface area contributed by atoms with Crippen LogP contribution in [0.4, 0.5) is 4.39 Å². The van der Waals surface area contributed by atoms with Gasteiger partial charge in [-0.05, 0) is 37.1 Å². The predicted octanol–water partition coefficient (Wildman–Crippen LogP) is 2.67. The van der Waals surface area contributed by atoms with Crippen LogP contribution in [0.1, 0.15) is 12.8 Å². The van der Waals surface area contributed by atoms with Gasteiger partial charge in [-0.3, -0.25) is 0 Å². The van der Waals surface area contributed by atoms with Gasteiger partial charge in [0.05, 0.1) is 0 Å². The van der Waals surface area contributed by atoms with Crippen molar-refractivity contribution in [3.8, 4) is 0 Å². The molecule has 0 heterocycles. The van der Waals surface area contributed by atoms with Gasteiger partial charge in [-0.25, -0.2) is 4.39 Å². The molecule has 0 saturated heterocycles. The third-order valence-corrected chi connectivity index (χ3v) is 3.40. The fraction of sp³-hybridized carbons (Fsp3) is 0.500. The monoisotopic (exact) mass is 243 g/mol. The lowest BCUT2D eigenvalue weighted by molar-refractivity contribution is 0.191. The zero-order valence-corrected chi connectivity index (χ0v) is 10.3. The van der Waals surface area contributed by atoms with Gasteiger partial charge in [0.1, 0.15) is 5.82 Å². The lowest BCUT2D eigenvalue weighted by Gasteiger charge is -2.10. The van der Waals surface area contributed by atoms with Crippen LogP contribution in [0.5, 0.6) is 0 Å². The number of methoxy groups -OCH3 is 1. The van der Waals surface area contributed by atoms with Gasteiger partial charge in [0.25, 0.3) is 0 Å². The fourth-order valence-electron chi connectivity index (χ4n) is 1.31. The minimum atomic E-state index is -0.200. The molecule has 0 radical (unpaired) electrons. The van der Waals surface area contributed by atoms with Crippen molar-refractivity contribution in [1.82, 2.24) is 0 Å². The molecule has 0 spiro atoms. The Morgan fingerprint density at radius 3 is 2.69 bits per heavy atom. The highest BCUT2D eigenvalue weighted by atomic mass is 32.2. The summed E-state index contributed by atoms with van der Waals surface area (Å²) in [7, 11) is 1.69. The van der Waals surface area contributed by atoms with Gasteiger partial charge in [0.2, 0.25) is 0 Å². The molecule has 0 aliphatic carbocycles. The van der Waals surface area contributed by atoms with Crippen LogP contribution in [-0.4, -0.2) is 25.5 Å². The number of nitrogens with two attached hydrogens (primary N) is 1. The third-order valence-electron chi connectivity index (χ3n) is 2.20. The maximum Gasteiger partial charge on any atom is 0.123 e. The average molecular weight is 243 g/mol. The molecule has 0 fully saturated rings. The van der Waals surface area contributed by atoms with E-state index >= 15 is 0 Å². The molecule has 4 heteroatoms. The number of thioether (sulfide) groups is 1. The van der Waals surface area contributed by atoms with Crippen LogP contribution in [0.25, 0.3) is 0 Å².